The molecule has 0 aromatic heterocycles. The second-order valence-corrected chi connectivity index (χ2v) is 5.90. The number of Topliss-reactive ketones (excluding diaryl/α,β-unsaturated/α-hetero) is 1. The number of nitrogens with one attached hydrogen (secondary N) is 1. The maximum absolute atomic E-state index is 12.3. The zero-order valence-electron chi connectivity index (χ0n) is 10.6. The molecule has 0 amide bonds. The quantitative estimate of drug-likeness (QED) is 0.781. The van der Waals surface area contributed by atoms with E-state index in [1.54, 1.807) is 0 Å². The third-order valence-corrected chi connectivity index (χ3v) is 3.97. The van der Waals surface area contributed by atoms with Crippen LogP contribution >= 0.6 is 0 Å². The zero-order chi connectivity index (χ0) is 11.6. The summed E-state index contributed by atoms with van der Waals surface area (Å²) in [6, 6.07) is 0. The van der Waals surface area contributed by atoms with E-state index in [1.165, 1.54) is 6.42 Å². The van der Waals surface area contributed by atoms with Gasteiger partial charge in [-0.05, 0) is 12.8 Å². The Kier molecular flexibility index (Phi) is 3.65. The number of nitrogens with zero attached hydrogens (tertiary/aromatic N) is 1. The van der Waals surface area contributed by atoms with Crippen molar-refractivity contribution in [2.75, 3.05) is 32.7 Å². The van der Waals surface area contributed by atoms with Crippen LogP contribution in [0.4, 0.5) is 0 Å². The minimum atomic E-state index is -0.150. The Morgan fingerprint density at radius 2 is 1.94 bits per heavy atom. The molecule has 1 aliphatic heterocycles. The molecule has 16 heavy (non-hydrogen) atoms. The van der Waals surface area contributed by atoms with E-state index in [-0.39, 0.29) is 5.41 Å². The topological polar surface area (TPSA) is 32.3 Å². The molecule has 0 aromatic rings. The summed E-state index contributed by atoms with van der Waals surface area (Å²) in [6.45, 7) is 9.47. The van der Waals surface area contributed by atoms with Gasteiger partial charge in [-0.3, -0.25) is 9.69 Å². The highest BCUT2D eigenvalue weighted by atomic mass is 16.1. The zero-order valence-corrected chi connectivity index (χ0v) is 10.6. The highest BCUT2D eigenvalue weighted by molar-refractivity contribution is 5.87. The third kappa shape index (κ3) is 2.64. The molecule has 3 nitrogen and oxygen atoms in total. The molecule has 1 aliphatic carbocycles. The number of ketones is 1. The second kappa shape index (κ2) is 4.84. The molecular formula is C13H24N2O. The predicted octanol–water partition coefficient (Wildman–Crippen LogP) is 1.29. The van der Waals surface area contributed by atoms with Gasteiger partial charge in [0.1, 0.15) is 5.78 Å². The van der Waals surface area contributed by atoms with E-state index >= 15 is 0 Å². The number of rotatable bonds is 4. The first-order valence-corrected chi connectivity index (χ1v) is 6.57. The fraction of sp³-hybridized carbons (Fsp3) is 0.923. The molecule has 3 heteroatoms. The lowest BCUT2D eigenvalue weighted by molar-refractivity contribution is -0.134. The van der Waals surface area contributed by atoms with Crippen molar-refractivity contribution < 1.29 is 4.79 Å². The van der Waals surface area contributed by atoms with Gasteiger partial charge < -0.3 is 5.32 Å². The molecule has 1 heterocycles. The lowest BCUT2D eigenvalue weighted by atomic mass is 9.72. The Labute approximate surface area is 98.6 Å². The first-order valence-electron chi connectivity index (χ1n) is 6.57. The molecule has 2 fully saturated rings. The SMILES string of the molecule is CC(C)(CN1CCNCC1)C(=O)C1CCC1. The summed E-state index contributed by atoms with van der Waals surface area (Å²) < 4.78 is 0. The Morgan fingerprint density at radius 3 is 2.44 bits per heavy atom. The Bertz CT molecular complexity index is 253. The number of carbonyl (C=O) groups excluding carboxylic acids is 1. The van der Waals surface area contributed by atoms with Crippen LogP contribution in [0.25, 0.3) is 0 Å². The van der Waals surface area contributed by atoms with Crippen LogP contribution in [-0.2, 0) is 4.79 Å². The van der Waals surface area contributed by atoms with Gasteiger partial charge in [0.25, 0.3) is 0 Å². The van der Waals surface area contributed by atoms with E-state index in [0.717, 1.165) is 45.6 Å². The Morgan fingerprint density at radius 1 is 1.31 bits per heavy atom. The van der Waals surface area contributed by atoms with Gasteiger partial charge in [-0.2, -0.15) is 0 Å². The molecule has 0 atom stereocenters. The first-order chi connectivity index (χ1) is 7.59. The van der Waals surface area contributed by atoms with Crippen molar-refractivity contribution in [2.24, 2.45) is 11.3 Å². The van der Waals surface area contributed by atoms with Gasteiger partial charge >= 0.3 is 0 Å². The minimum absolute atomic E-state index is 0.150. The van der Waals surface area contributed by atoms with Gasteiger partial charge in [0.05, 0.1) is 0 Å². The molecule has 1 N–H and O–H groups in total. The van der Waals surface area contributed by atoms with Crippen molar-refractivity contribution in [2.45, 2.75) is 33.1 Å². The van der Waals surface area contributed by atoms with Gasteiger partial charge in [-0.25, -0.2) is 0 Å². The average molecular weight is 224 g/mol. The molecule has 0 aromatic carbocycles. The van der Waals surface area contributed by atoms with Crippen LogP contribution in [0.2, 0.25) is 0 Å². The lowest BCUT2D eigenvalue weighted by Gasteiger charge is -2.38. The molecule has 2 rings (SSSR count). The largest absolute Gasteiger partial charge is 0.314 e. The lowest BCUT2D eigenvalue weighted by Crippen LogP contribution is -2.50. The summed E-state index contributed by atoms with van der Waals surface area (Å²) in [5.74, 6) is 0.871. The van der Waals surface area contributed by atoms with E-state index in [4.69, 9.17) is 0 Å². The minimum Gasteiger partial charge on any atom is -0.314 e. The maximum atomic E-state index is 12.3. The number of carbonyl (C=O) groups is 1. The fourth-order valence-corrected chi connectivity index (χ4v) is 2.73. The van der Waals surface area contributed by atoms with E-state index in [2.05, 4.69) is 24.1 Å². The van der Waals surface area contributed by atoms with Gasteiger partial charge in [-0.1, -0.05) is 20.3 Å². The number of hydrogen-bond acceptors (Lipinski definition) is 3. The molecule has 92 valence electrons. The van der Waals surface area contributed by atoms with Gasteiger partial charge in [0, 0.05) is 44.1 Å². The summed E-state index contributed by atoms with van der Waals surface area (Å²) in [6.07, 6.45) is 3.51. The van der Waals surface area contributed by atoms with Crippen LogP contribution in [0.15, 0.2) is 0 Å². The number of hydrogen-bond donors (Lipinski definition) is 1. The molecule has 2 aliphatic rings. The van der Waals surface area contributed by atoms with Crippen LogP contribution < -0.4 is 5.32 Å². The monoisotopic (exact) mass is 224 g/mol. The third-order valence-electron chi connectivity index (χ3n) is 3.97. The molecule has 1 saturated heterocycles. The first kappa shape index (κ1) is 12.1. The molecule has 0 radical (unpaired) electrons. The Hall–Kier alpha value is -0.410. The van der Waals surface area contributed by atoms with Gasteiger partial charge in [0.2, 0.25) is 0 Å². The van der Waals surface area contributed by atoms with Crippen LogP contribution in [0.1, 0.15) is 33.1 Å². The van der Waals surface area contributed by atoms with E-state index in [0.29, 0.717) is 11.7 Å². The summed E-state index contributed by atoms with van der Waals surface area (Å²) in [4.78, 5) is 14.7. The van der Waals surface area contributed by atoms with Crippen LogP contribution in [-0.4, -0.2) is 43.4 Å². The average Bonchev–Trinajstić information content (AvgIpc) is 2.15. The van der Waals surface area contributed by atoms with Crippen molar-refractivity contribution in [1.29, 1.82) is 0 Å². The van der Waals surface area contributed by atoms with Gasteiger partial charge in [-0.15, -0.1) is 0 Å². The van der Waals surface area contributed by atoms with E-state index in [9.17, 15) is 4.79 Å². The predicted molar refractivity (Wildman–Crippen MR) is 65.4 cm³/mol. The number of piperazine rings is 1. The molecule has 1 saturated carbocycles. The van der Waals surface area contributed by atoms with Crippen LogP contribution in [0.5, 0.6) is 0 Å². The van der Waals surface area contributed by atoms with Crippen molar-refractivity contribution >= 4 is 5.78 Å². The standard InChI is InChI=1S/C13H24N2O/c1-13(2,12(16)11-4-3-5-11)10-15-8-6-14-7-9-15/h11,14H,3-10H2,1-2H3. The van der Waals surface area contributed by atoms with Crippen molar-refractivity contribution in [1.82, 2.24) is 10.2 Å². The van der Waals surface area contributed by atoms with E-state index < -0.39 is 0 Å². The highest BCUT2D eigenvalue weighted by Crippen LogP contribution is 2.34. The maximum Gasteiger partial charge on any atom is 0.142 e. The van der Waals surface area contributed by atoms with E-state index in [1.807, 2.05) is 0 Å². The molecule has 0 unspecified atom stereocenters. The van der Waals surface area contributed by atoms with Crippen molar-refractivity contribution in [3.8, 4) is 0 Å². The van der Waals surface area contributed by atoms with Crippen LogP contribution in [0.3, 0.4) is 0 Å². The molecule has 0 spiro atoms. The summed E-state index contributed by atoms with van der Waals surface area (Å²) >= 11 is 0. The summed E-state index contributed by atoms with van der Waals surface area (Å²) in [5, 5.41) is 3.35. The molecular weight excluding hydrogens is 200 g/mol. The second-order valence-electron chi connectivity index (χ2n) is 5.90. The smallest absolute Gasteiger partial charge is 0.142 e. The Balaban J connectivity index is 1.87. The van der Waals surface area contributed by atoms with Crippen molar-refractivity contribution in [3.63, 3.8) is 0 Å². The van der Waals surface area contributed by atoms with Crippen molar-refractivity contribution in [3.05, 3.63) is 0 Å². The van der Waals surface area contributed by atoms with Crippen LogP contribution in [0, 0.1) is 11.3 Å². The highest BCUT2D eigenvalue weighted by Gasteiger charge is 2.37. The summed E-state index contributed by atoms with van der Waals surface area (Å²) in [7, 11) is 0. The van der Waals surface area contributed by atoms with Gasteiger partial charge in [0.15, 0.2) is 0 Å². The summed E-state index contributed by atoms with van der Waals surface area (Å²) in [5.41, 5.74) is -0.150. The normalized spacial score (nSPS) is 24.1. The fourth-order valence-electron chi connectivity index (χ4n) is 2.73. The molecule has 0 bridgehead atoms.